The van der Waals surface area contributed by atoms with Crippen LogP contribution in [0.4, 0.5) is 0 Å². The molecule has 0 spiro atoms. The summed E-state index contributed by atoms with van der Waals surface area (Å²) in [7, 11) is 0. The first-order valence-corrected chi connectivity index (χ1v) is 6.48. The van der Waals surface area contributed by atoms with Gasteiger partial charge in [-0.15, -0.1) is 0 Å². The van der Waals surface area contributed by atoms with E-state index in [-0.39, 0.29) is 5.41 Å². The summed E-state index contributed by atoms with van der Waals surface area (Å²) in [6.45, 7) is 1.61. The van der Waals surface area contributed by atoms with Crippen molar-refractivity contribution in [3.63, 3.8) is 0 Å². The van der Waals surface area contributed by atoms with Crippen LogP contribution >= 0.6 is 0 Å². The van der Waals surface area contributed by atoms with Crippen LogP contribution in [0.15, 0.2) is 0 Å². The highest BCUT2D eigenvalue weighted by Gasteiger charge is 2.42. The molecule has 2 saturated carbocycles. The van der Waals surface area contributed by atoms with Crippen LogP contribution in [-0.2, 0) is 0 Å². The molecule has 2 rings (SSSR count). The molecule has 2 aliphatic rings. The Bertz CT molecular complexity index is 272. The van der Waals surface area contributed by atoms with Gasteiger partial charge in [0.1, 0.15) is 0 Å². The number of hydrogen-bond donors (Lipinski definition) is 2. The molecule has 16 heavy (non-hydrogen) atoms. The fourth-order valence-electron chi connectivity index (χ4n) is 2.71. The van der Waals surface area contributed by atoms with Crippen molar-refractivity contribution in [1.29, 1.82) is 5.26 Å². The summed E-state index contributed by atoms with van der Waals surface area (Å²) in [6.07, 6.45) is 8.45. The zero-order valence-corrected chi connectivity index (χ0v) is 9.97. The minimum atomic E-state index is -0.471. The first-order valence-electron chi connectivity index (χ1n) is 6.48. The van der Waals surface area contributed by atoms with Crippen molar-refractivity contribution >= 4 is 0 Å². The van der Waals surface area contributed by atoms with E-state index < -0.39 is 5.60 Å². The quantitative estimate of drug-likeness (QED) is 0.747. The molecular formula is C13H22N2O. The van der Waals surface area contributed by atoms with Crippen molar-refractivity contribution in [2.45, 2.75) is 57.0 Å². The Labute approximate surface area is 97.8 Å². The van der Waals surface area contributed by atoms with Crippen LogP contribution in [0.25, 0.3) is 0 Å². The lowest BCUT2D eigenvalue weighted by atomic mass is 9.85. The van der Waals surface area contributed by atoms with Crippen molar-refractivity contribution in [2.75, 3.05) is 13.1 Å². The van der Waals surface area contributed by atoms with Gasteiger partial charge in [-0.2, -0.15) is 5.26 Å². The molecule has 0 bridgehead atoms. The smallest absolute Gasteiger partial charge is 0.0771 e. The molecule has 0 heterocycles. The maximum Gasteiger partial charge on any atom is 0.0771 e. The Hall–Kier alpha value is -0.590. The second-order valence-electron chi connectivity index (χ2n) is 5.72. The molecule has 0 saturated heterocycles. The monoisotopic (exact) mass is 222 g/mol. The molecule has 90 valence electrons. The third-order valence-electron chi connectivity index (χ3n) is 4.15. The van der Waals surface area contributed by atoms with Gasteiger partial charge in [0.15, 0.2) is 0 Å². The maximum atomic E-state index is 10.3. The van der Waals surface area contributed by atoms with Gasteiger partial charge in [-0.05, 0) is 31.1 Å². The lowest BCUT2D eigenvalue weighted by Crippen LogP contribution is -2.43. The van der Waals surface area contributed by atoms with Crippen molar-refractivity contribution < 1.29 is 5.11 Å². The Morgan fingerprint density at radius 1 is 1.06 bits per heavy atom. The molecule has 3 heteroatoms. The second-order valence-corrected chi connectivity index (χ2v) is 5.72. The van der Waals surface area contributed by atoms with Crippen LogP contribution in [-0.4, -0.2) is 23.8 Å². The van der Waals surface area contributed by atoms with Gasteiger partial charge in [0.05, 0.1) is 11.7 Å². The Morgan fingerprint density at radius 2 is 1.75 bits per heavy atom. The molecular weight excluding hydrogens is 200 g/mol. The Kier molecular flexibility index (Phi) is 3.51. The molecule has 0 amide bonds. The topological polar surface area (TPSA) is 56.0 Å². The van der Waals surface area contributed by atoms with Gasteiger partial charge < -0.3 is 10.4 Å². The summed E-state index contributed by atoms with van der Waals surface area (Å²) in [6, 6.07) is 2.27. The molecule has 3 nitrogen and oxygen atoms in total. The number of nitrogens with one attached hydrogen (secondary N) is 1. The summed E-state index contributed by atoms with van der Waals surface area (Å²) in [5, 5.41) is 22.4. The standard InChI is InChI=1S/C13H22N2O/c14-9-8-12(6-7-12)10-15-11-13(16)4-2-1-3-5-13/h15-16H,1-8,10-11H2. The Morgan fingerprint density at radius 3 is 2.31 bits per heavy atom. The van der Waals surface area contributed by atoms with Crippen molar-refractivity contribution in [2.24, 2.45) is 5.41 Å². The van der Waals surface area contributed by atoms with Crippen LogP contribution < -0.4 is 5.32 Å². The highest BCUT2D eigenvalue weighted by atomic mass is 16.3. The van der Waals surface area contributed by atoms with Crippen LogP contribution in [0.5, 0.6) is 0 Å². The second kappa shape index (κ2) is 4.73. The van der Waals surface area contributed by atoms with E-state index >= 15 is 0 Å². The number of hydrogen-bond acceptors (Lipinski definition) is 3. The van der Waals surface area contributed by atoms with E-state index in [2.05, 4.69) is 11.4 Å². The predicted molar refractivity (Wildman–Crippen MR) is 62.8 cm³/mol. The average molecular weight is 222 g/mol. The van der Waals surface area contributed by atoms with E-state index in [1.54, 1.807) is 0 Å². The van der Waals surface area contributed by atoms with Gasteiger partial charge in [0.2, 0.25) is 0 Å². The van der Waals surface area contributed by atoms with E-state index in [9.17, 15) is 5.11 Å². The summed E-state index contributed by atoms with van der Waals surface area (Å²) in [5.41, 5.74) is -0.221. The van der Waals surface area contributed by atoms with Crippen LogP contribution in [0, 0.1) is 16.7 Å². The predicted octanol–water partition coefficient (Wildman–Crippen LogP) is 1.97. The summed E-state index contributed by atoms with van der Waals surface area (Å²) < 4.78 is 0. The Balaban J connectivity index is 1.69. The number of aliphatic hydroxyl groups is 1. The first kappa shape index (κ1) is 11.9. The number of rotatable bonds is 5. The van der Waals surface area contributed by atoms with Crippen molar-refractivity contribution in [3.05, 3.63) is 0 Å². The molecule has 2 aliphatic carbocycles. The third kappa shape index (κ3) is 2.96. The van der Waals surface area contributed by atoms with Crippen molar-refractivity contribution in [1.82, 2.24) is 5.32 Å². The van der Waals surface area contributed by atoms with Gasteiger partial charge in [-0.3, -0.25) is 0 Å². The average Bonchev–Trinajstić information content (AvgIpc) is 2.99. The largest absolute Gasteiger partial charge is 0.389 e. The summed E-state index contributed by atoms with van der Waals surface area (Å²) in [4.78, 5) is 0. The summed E-state index contributed by atoms with van der Waals surface area (Å²) in [5.74, 6) is 0. The highest BCUT2D eigenvalue weighted by molar-refractivity contribution is 5.01. The zero-order chi connectivity index (χ0) is 11.5. The van der Waals surface area contributed by atoms with Gasteiger partial charge in [-0.25, -0.2) is 0 Å². The number of nitrogens with zero attached hydrogens (tertiary/aromatic N) is 1. The lowest BCUT2D eigenvalue weighted by molar-refractivity contribution is 0.00413. The normalized spacial score (nSPS) is 26.0. The number of nitriles is 1. The molecule has 0 aliphatic heterocycles. The molecule has 0 atom stereocenters. The van der Waals surface area contributed by atoms with E-state index in [1.165, 1.54) is 19.3 Å². The fourth-order valence-corrected chi connectivity index (χ4v) is 2.71. The first-order chi connectivity index (χ1) is 7.68. The van der Waals surface area contributed by atoms with E-state index in [4.69, 9.17) is 5.26 Å². The third-order valence-corrected chi connectivity index (χ3v) is 4.15. The molecule has 0 aromatic heterocycles. The van der Waals surface area contributed by atoms with E-state index in [0.29, 0.717) is 13.0 Å². The lowest BCUT2D eigenvalue weighted by Gasteiger charge is -2.32. The van der Waals surface area contributed by atoms with Gasteiger partial charge >= 0.3 is 0 Å². The zero-order valence-electron chi connectivity index (χ0n) is 9.97. The van der Waals surface area contributed by atoms with Crippen molar-refractivity contribution in [3.8, 4) is 6.07 Å². The minimum Gasteiger partial charge on any atom is -0.389 e. The molecule has 2 fully saturated rings. The molecule has 2 N–H and O–H groups in total. The highest BCUT2D eigenvalue weighted by Crippen LogP contribution is 2.47. The maximum absolute atomic E-state index is 10.3. The van der Waals surface area contributed by atoms with Crippen LogP contribution in [0.3, 0.4) is 0 Å². The van der Waals surface area contributed by atoms with Crippen LogP contribution in [0.2, 0.25) is 0 Å². The molecule has 0 aromatic carbocycles. The molecule has 0 unspecified atom stereocenters. The fraction of sp³-hybridized carbons (Fsp3) is 0.923. The molecule has 0 radical (unpaired) electrons. The van der Waals surface area contributed by atoms with Gasteiger partial charge in [-0.1, -0.05) is 19.3 Å². The van der Waals surface area contributed by atoms with E-state index in [0.717, 1.165) is 32.2 Å². The molecule has 0 aromatic rings. The minimum absolute atomic E-state index is 0.250. The van der Waals surface area contributed by atoms with Gasteiger partial charge in [0.25, 0.3) is 0 Å². The van der Waals surface area contributed by atoms with E-state index in [1.807, 2.05) is 0 Å². The van der Waals surface area contributed by atoms with Crippen LogP contribution in [0.1, 0.15) is 51.4 Å². The summed E-state index contributed by atoms with van der Waals surface area (Å²) >= 11 is 0. The SMILES string of the molecule is N#CCC1(CNCC2(O)CCCCC2)CC1. The van der Waals surface area contributed by atoms with Gasteiger partial charge in [0, 0.05) is 19.5 Å².